The molecule has 0 atom stereocenters. The van der Waals surface area contributed by atoms with Gasteiger partial charge in [0.15, 0.2) is 12.4 Å². The average Bonchev–Trinajstić information content (AvgIpc) is 2.98. The third-order valence-electron chi connectivity index (χ3n) is 4.09. The summed E-state index contributed by atoms with van der Waals surface area (Å²) >= 11 is 0. The Morgan fingerprint density at radius 1 is 1.07 bits per heavy atom. The number of furan rings is 1. The summed E-state index contributed by atoms with van der Waals surface area (Å²) in [5.41, 5.74) is 1.36. The first-order valence-corrected chi connectivity index (χ1v) is 9.08. The monoisotopic (exact) mass is 371 g/mol. The van der Waals surface area contributed by atoms with Gasteiger partial charge in [-0.15, -0.1) is 0 Å². The number of aryl methyl sites for hydroxylation is 2. The van der Waals surface area contributed by atoms with Crippen molar-refractivity contribution in [1.82, 2.24) is 0 Å². The van der Waals surface area contributed by atoms with Gasteiger partial charge < -0.3 is 14.5 Å². The lowest BCUT2D eigenvalue weighted by Crippen LogP contribution is -2.15. The molecule has 27 heavy (non-hydrogen) atoms. The lowest BCUT2D eigenvalue weighted by molar-refractivity contribution is -0.116. The molecule has 2 aromatic rings. The van der Waals surface area contributed by atoms with Crippen LogP contribution in [0.3, 0.4) is 0 Å². The number of hydrogen-bond acceptors (Lipinski definition) is 5. The van der Waals surface area contributed by atoms with Crippen molar-refractivity contribution in [2.45, 2.75) is 46.5 Å². The first-order valence-electron chi connectivity index (χ1n) is 9.08. The summed E-state index contributed by atoms with van der Waals surface area (Å²) < 4.78 is 10.4. The van der Waals surface area contributed by atoms with Gasteiger partial charge in [-0.1, -0.05) is 19.8 Å². The molecule has 0 saturated carbocycles. The maximum absolute atomic E-state index is 12.2. The van der Waals surface area contributed by atoms with E-state index in [0.717, 1.165) is 19.3 Å². The number of benzene rings is 1. The highest BCUT2D eigenvalue weighted by Crippen LogP contribution is 2.15. The topological polar surface area (TPSA) is 85.6 Å². The number of amides is 1. The van der Waals surface area contributed by atoms with Crippen molar-refractivity contribution in [3.8, 4) is 0 Å². The predicted octanol–water partition coefficient (Wildman–Crippen LogP) is 4.45. The zero-order valence-corrected chi connectivity index (χ0v) is 16.0. The van der Waals surface area contributed by atoms with Crippen molar-refractivity contribution >= 4 is 23.3 Å². The van der Waals surface area contributed by atoms with Crippen LogP contribution < -0.4 is 5.32 Å². The third-order valence-corrected chi connectivity index (χ3v) is 4.09. The number of ketones is 1. The number of hydrogen-bond donors (Lipinski definition) is 1. The van der Waals surface area contributed by atoms with E-state index < -0.39 is 5.97 Å². The van der Waals surface area contributed by atoms with Crippen LogP contribution in [0, 0.1) is 13.8 Å². The summed E-state index contributed by atoms with van der Waals surface area (Å²) in [5, 5.41) is 2.80. The largest absolute Gasteiger partial charge is 0.466 e. The summed E-state index contributed by atoms with van der Waals surface area (Å²) in [6, 6.07) is 8.11. The molecule has 6 nitrogen and oxygen atoms in total. The van der Waals surface area contributed by atoms with Gasteiger partial charge in [-0.05, 0) is 50.6 Å². The van der Waals surface area contributed by atoms with Crippen LogP contribution in [0.4, 0.5) is 5.69 Å². The van der Waals surface area contributed by atoms with Crippen LogP contribution in [0.2, 0.25) is 0 Å². The molecule has 0 aliphatic rings. The second kappa shape index (κ2) is 9.71. The van der Waals surface area contributed by atoms with Gasteiger partial charge in [0.1, 0.15) is 17.1 Å². The molecule has 0 fully saturated rings. The van der Waals surface area contributed by atoms with Gasteiger partial charge in [-0.2, -0.15) is 0 Å². The molecule has 0 bridgehead atoms. The number of rotatable bonds is 9. The summed E-state index contributed by atoms with van der Waals surface area (Å²) in [6.45, 7) is 5.13. The molecular formula is C21H25NO5. The van der Waals surface area contributed by atoms with Gasteiger partial charge in [0.2, 0.25) is 5.91 Å². The van der Waals surface area contributed by atoms with Crippen molar-refractivity contribution in [1.29, 1.82) is 0 Å². The van der Waals surface area contributed by atoms with Crippen LogP contribution in [0.15, 0.2) is 34.7 Å². The van der Waals surface area contributed by atoms with E-state index in [1.807, 2.05) is 0 Å². The summed E-state index contributed by atoms with van der Waals surface area (Å²) in [4.78, 5) is 36.0. The summed E-state index contributed by atoms with van der Waals surface area (Å²) in [5.74, 6) is 0.125. The average molecular weight is 371 g/mol. The highest BCUT2D eigenvalue weighted by Gasteiger charge is 2.17. The van der Waals surface area contributed by atoms with E-state index in [9.17, 15) is 14.4 Å². The lowest BCUT2D eigenvalue weighted by atomic mass is 10.1. The molecule has 1 amide bonds. The summed E-state index contributed by atoms with van der Waals surface area (Å²) in [6.07, 6.45) is 3.43. The Labute approximate surface area is 158 Å². The molecule has 1 aromatic heterocycles. The van der Waals surface area contributed by atoms with Crippen LogP contribution in [0.5, 0.6) is 0 Å². The van der Waals surface area contributed by atoms with Crippen molar-refractivity contribution in [3.05, 3.63) is 53.0 Å². The molecule has 6 heteroatoms. The molecule has 1 N–H and O–H groups in total. The lowest BCUT2D eigenvalue weighted by Gasteiger charge is -2.07. The Morgan fingerprint density at radius 3 is 2.37 bits per heavy atom. The number of esters is 1. The summed E-state index contributed by atoms with van der Waals surface area (Å²) in [7, 11) is 0. The number of ether oxygens (including phenoxy) is 1. The maximum Gasteiger partial charge on any atom is 0.342 e. The standard InChI is InChI=1S/C21H25NO5/c1-4-5-6-7-20(24)22-17-10-8-16(9-11-17)19(23)13-26-21(25)18-12-14(2)27-15(18)3/h8-12H,4-7,13H2,1-3H3,(H,22,24). The van der Waals surface area contributed by atoms with Crippen molar-refractivity contribution < 1.29 is 23.5 Å². The van der Waals surface area contributed by atoms with Crippen LogP contribution in [0.25, 0.3) is 0 Å². The van der Waals surface area contributed by atoms with Gasteiger partial charge in [0.25, 0.3) is 0 Å². The van der Waals surface area contributed by atoms with E-state index in [0.29, 0.717) is 34.8 Å². The molecule has 0 saturated heterocycles. The highest BCUT2D eigenvalue weighted by atomic mass is 16.5. The van der Waals surface area contributed by atoms with Crippen molar-refractivity contribution in [2.24, 2.45) is 0 Å². The zero-order chi connectivity index (χ0) is 19.8. The zero-order valence-electron chi connectivity index (χ0n) is 16.0. The molecule has 0 unspecified atom stereocenters. The van der Waals surface area contributed by atoms with Crippen molar-refractivity contribution in [3.63, 3.8) is 0 Å². The number of nitrogens with one attached hydrogen (secondary N) is 1. The Hall–Kier alpha value is -2.89. The van der Waals surface area contributed by atoms with E-state index in [2.05, 4.69) is 12.2 Å². The van der Waals surface area contributed by atoms with Crippen LogP contribution in [-0.2, 0) is 9.53 Å². The second-order valence-corrected chi connectivity index (χ2v) is 6.41. The minimum Gasteiger partial charge on any atom is -0.466 e. The first kappa shape index (κ1) is 20.4. The van der Waals surface area contributed by atoms with E-state index in [1.165, 1.54) is 0 Å². The molecular weight excluding hydrogens is 346 g/mol. The van der Waals surface area contributed by atoms with Gasteiger partial charge in [0.05, 0.1) is 0 Å². The molecule has 2 rings (SSSR count). The van der Waals surface area contributed by atoms with E-state index in [-0.39, 0.29) is 18.3 Å². The first-order chi connectivity index (χ1) is 12.9. The normalized spacial score (nSPS) is 10.5. The number of carbonyl (C=O) groups is 3. The molecule has 0 aliphatic heterocycles. The molecule has 144 valence electrons. The number of carbonyl (C=O) groups excluding carboxylic acids is 3. The quantitative estimate of drug-likeness (QED) is 0.400. The second-order valence-electron chi connectivity index (χ2n) is 6.41. The van der Waals surface area contributed by atoms with Crippen LogP contribution in [0.1, 0.15) is 64.8 Å². The Balaban J connectivity index is 1.85. The highest BCUT2D eigenvalue weighted by molar-refractivity contribution is 6.00. The van der Waals surface area contributed by atoms with Gasteiger partial charge in [-0.3, -0.25) is 9.59 Å². The number of unbranched alkanes of at least 4 members (excludes halogenated alkanes) is 2. The van der Waals surface area contributed by atoms with Crippen LogP contribution >= 0.6 is 0 Å². The fourth-order valence-electron chi connectivity index (χ4n) is 2.62. The molecule has 0 aliphatic carbocycles. The van der Waals surface area contributed by atoms with Crippen molar-refractivity contribution in [2.75, 3.05) is 11.9 Å². The minimum atomic E-state index is -0.589. The van der Waals surface area contributed by atoms with Gasteiger partial charge >= 0.3 is 5.97 Å². The molecule has 0 spiro atoms. The fourth-order valence-corrected chi connectivity index (χ4v) is 2.62. The Kier molecular flexibility index (Phi) is 7.34. The number of Topliss-reactive ketones (excluding diaryl/α,β-unsaturated/α-hetero) is 1. The van der Waals surface area contributed by atoms with Crippen LogP contribution in [-0.4, -0.2) is 24.3 Å². The smallest absolute Gasteiger partial charge is 0.342 e. The fraction of sp³-hybridized carbons (Fsp3) is 0.381. The molecule has 1 heterocycles. The maximum atomic E-state index is 12.2. The number of anilines is 1. The molecule has 1 aromatic carbocycles. The van der Waals surface area contributed by atoms with Gasteiger partial charge in [-0.25, -0.2) is 4.79 Å². The Morgan fingerprint density at radius 2 is 1.78 bits per heavy atom. The minimum absolute atomic E-state index is 0.0396. The van der Waals surface area contributed by atoms with E-state index in [1.54, 1.807) is 44.2 Å². The SMILES string of the molecule is CCCCCC(=O)Nc1ccc(C(=O)COC(=O)c2cc(C)oc2C)cc1. The third kappa shape index (κ3) is 6.09. The predicted molar refractivity (Wildman–Crippen MR) is 102 cm³/mol. The van der Waals surface area contributed by atoms with Gasteiger partial charge in [0, 0.05) is 17.7 Å². The molecule has 0 radical (unpaired) electrons. The van der Waals surface area contributed by atoms with E-state index in [4.69, 9.17) is 9.15 Å². The Bertz CT molecular complexity index is 804. The van der Waals surface area contributed by atoms with E-state index >= 15 is 0 Å².